The van der Waals surface area contributed by atoms with E-state index in [1.165, 1.54) is 5.69 Å². The Morgan fingerprint density at radius 3 is 2.45 bits per heavy atom. The van der Waals surface area contributed by atoms with Crippen LogP contribution in [0, 0.1) is 0 Å². The molecule has 2 atom stereocenters. The zero-order chi connectivity index (χ0) is 22.6. The fourth-order valence-corrected chi connectivity index (χ4v) is 4.98. The maximum Gasteiger partial charge on any atom is 0.338 e. The molecule has 0 aromatic heterocycles. The largest absolute Gasteiger partial charge is 0.497 e. The normalized spacial score (nSPS) is 21.7. The highest BCUT2D eigenvalue weighted by molar-refractivity contribution is 5.95. The Kier molecular flexibility index (Phi) is 6.46. The maximum atomic E-state index is 13.0. The van der Waals surface area contributed by atoms with E-state index in [0.717, 1.165) is 55.7 Å². The van der Waals surface area contributed by atoms with Gasteiger partial charge in [0.25, 0.3) is 0 Å². The number of anilines is 1. The summed E-state index contributed by atoms with van der Waals surface area (Å²) in [6.45, 7) is 5.49. The second-order valence-electron chi connectivity index (χ2n) is 8.79. The lowest BCUT2D eigenvalue weighted by molar-refractivity contribution is -0.0131. The average Bonchev–Trinajstić information content (AvgIpc) is 2.89. The average molecular weight is 446 g/mol. The molecule has 3 aromatic rings. The van der Waals surface area contributed by atoms with E-state index >= 15 is 0 Å². The molecule has 2 aliphatic rings. The van der Waals surface area contributed by atoms with Crippen LogP contribution in [0.25, 0.3) is 10.8 Å². The van der Waals surface area contributed by atoms with Gasteiger partial charge >= 0.3 is 5.97 Å². The maximum absolute atomic E-state index is 13.0. The van der Waals surface area contributed by atoms with E-state index in [-0.39, 0.29) is 18.1 Å². The monoisotopic (exact) mass is 445 g/mol. The quantitative estimate of drug-likeness (QED) is 0.606. The summed E-state index contributed by atoms with van der Waals surface area (Å²) in [5.41, 5.74) is 1.84. The van der Waals surface area contributed by atoms with Crippen LogP contribution >= 0.6 is 0 Å². The van der Waals surface area contributed by atoms with Gasteiger partial charge < -0.3 is 19.7 Å². The topological polar surface area (TPSA) is 54.0 Å². The molecule has 0 spiro atoms. The number of methoxy groups -OCH3 is 1. The third kappa shape index (κ3) is 4.82. The molecular weight excluding hydrogens is 414 g/mol. The molecule has 2 heterocycles. The van der Waals surface area contributed by atoms with Crippen molar-refractivity contribution in [3.05, 3.63) is 72.3 Å². The molecule has 6 heteroatoms. The first kappa shape index (κ1) is 21.7. The molecule has 5 rings (SSSR count). The van der Waals surface area contributed by atoms with Crippen molar-refractivity contribution in [2.45, 2.75) is 18.6 Å². The summed E-state index contributed by atoms with van der Waals surface area (Å²) in [7, 11) is 1.69. The number of ether oxygens (including phenoxy) is 2. The standard InChI is InChI=1S/C27H31N3O3/c1-32-24-10-8-23(9-11-24)29-14-16-30(17-15-29)25-12-13-28-19-26(25)33-27(31)22-7-6-20-4-2-3-5-21(20)18-22/h2-11,18,25-26,28H,12-17,19H2,1H3/t25?,26-/m1/s1. The number of hydrogen-bond acceptors (Lipinski definition) is 6. The van der Waals surface area contributed by atoms with Gasteiger partial charge in [0.1, 0.15) is 11.9 Å². The molecule has 0 bridgehead atoms. The van der Waals surface area contributed by atoms with Crippen LogP contribution in [0.15, 0.2) is 66.7 Å². The van der Waals surface area contributed by atoms with E-state index in [2.05, 4.69) is 33.3 Å². The Morgan fingerprint density at radius 2 is 1.70 bits per heavy atom. The van der Waals surface area contributed by atoms with Gasteiger partial charge in [0, 0.05) is 44.5 Å². The third-order valence-corrected chi connectivity index (χ3v) is 6.86. The van der Waals surface area contributed by atoms with Crippen LogP contribution in [0.1, 0.15) is 16.8 Å². The summed E-state index contributed by atoms with van der Waals surface area (Å²) < 4.78 is 11.3. The Morgan fingerprint density at radius 1 is 0.939 bits per heavy atom. The molecule has 0 saturated carbocycles. The van der Waals surface area contributed by atoms with Gasteiger partial charge in [0.05, 0.1) is 12.7 Å². The summed E-state index contributed by atoms with van der Waals surface area (Å²) in [4.78, 5) is 17.9. The minimum absolute atomic E-state index is 0.148. The molecule has 2 aliphatic heterocycles. The Bertz CT molecular complexity index is 1090. The Hall–Kier alpha value is -3.09. The number of fused-ring (bicyclic) bond motifs is 1. The molecule has 1 N–H and O–H groups in total. The smallest absolute Gasteiger partial charge is 0.338 e. The molecular formula is C27H31N3O3. The molecule has 33 heavy (non-hydrogen) atoms. The molecule has 1 unspecified atom stereocenters. The highest BCUT2D eigenvalue weighted by Gasteiger charge is 2.34. The van der Waals surface area contributed by atoms with Crippen LogP contribution in [0.5, 0.6) is 5.75 Å². The van der Waals surface area contributed by atoms with E-state index in [1.54, 1.807) is 7.11 Å². The lowest BCUT2D eigenvalue weighted by Crippen LogP contribution is -2.59. The third-order valence-electron chi connectivity index (χ3n) is 6.86. The van der Waals surface area contributed by atoms with Crippen molar-refractivity contribution in [3.8, 4) is 5.75 Å². The Balaban J connectivity index is 1.22. The lowest BCUT2D eigenvalue weighted by Gasteiger charge is -2.44. The van der Waals surface area contributed by atoms with Crippen molar-refractivity contribution >= 4 is 22.4 Å². The second-order valence-corrected chi connectivity index (χ2v) is 8.79. The van der Waals surface area contributed by atoms with E-state index < -0.39 is 0 Å². The van der Waals surface area contributed by atoms with Crippen LogP contribution in [-0.2, 0) is 4.74 Å². The zero-order valence-corrected chi connectivity index (χ0v) is 19.1. The number of nitrogens with zero attached hydrogens (tertiary/aromatic N) is 2. The predicted molar refractivity (Wildman–Crippen MR) is 131 cm³/mol. The van der Waals surface area contributed by atoms with Crippen LogP contribution in [0.3, 0.4) is 0 Å². The fraction of sp³-hybridized carbons (Fsp3) is 0.370. The number of carbonyl (C=O) groups is 1. The molecule has 0 amide bonds. The number of nitrogens with one attached hydrogen (secondary N) is 1. The van der Waals surface area contributed by atoms with Gasteiger partial charge in [-0.2, -0.15) is 0 Å². The molecule has 0 aliphatic carbocycles. The fourth-order valence-electron chi connectivity index (χ4n) is 4.98. The van der Waals surface area contributed by atoms with Gasteiger partial charge in [-0.05, 0) is 60.1 Å². The molecule has 2 saturated heterocycles. The summed E-state index contributed by atoms with van der Waals surface area (Å²) in [5.74, 6) is 0.638. The number of hydrogen-bond donors (Lipinski definition) is 1. The van der Waals surface area contributed by atoms with Crippen molar-refractivity contribution < 1.29 is 14.3 Å². The number of esters is 1. The number of piperazine rings is 1. The summed E-state index contributed by atoms with van der Waals surface area (Å²) in [5, 5.41) is 5.59. The van der Waals surface area contributed by atoms with Gasteiger partial charge in [-0.1, -0.05) is 30.3 Å². The van der Waals surface area contributed by atoms with E-state index in [1.807, 2.05) is 48.5 Å². The first-order valence-electron chi connectivity index (χ1n) is 11.7. The summed E-state index contributed by atoms with van der Waals surface area (Å²) >= 11 is 0. The van der Waals surface area contributed by atoms with E-state index in [4.69, 9.17) is 9.47 Å². The van der Waals surface area contributed by atoms with Gasteiger partial charge in [-0.25, -0.2) is 4.79 Å². The molecule has 6 nitrogen and oxygen atoms in total. The van der Waals surface area contributed by atoms with Gasteiger partial charge in [-0.15, -0.1) is 0 Å². The van der Waals surface area contributed by atoms with Crippen LogP contribution in [-0.4, -0.2) is 69.4 Å². The minimum atomic E-state index is -0.240. The second kappa shape index (κ2) is 9.81. The first-order chi connectivity index (χ1) is 16.2. The molecule has 172 valence electrons. The summed E-state index contributed by atoms with van der Waals surface area (Å²) in [6, 6.07) is 22.4. The van der Waals surface area contributed by atoms with Gasteiger partial charge in [-0.3, -0.25) is 4.90 Å². The van der Waals surface area contributed by atoms with E-state index in [0.29, 0.717) is 12.1 Å². The first-order valence-corrected chi connectivity index (χ1v) is 11.7. The number of benzene rings is 3. The summed E-state index contributed by atoms with van der Waals surface area (Å²) in [6.07, 6.45) is 0.836. The van der Waals surface area contributed by atoms with Crippen molar-refractivity contribution in [3.63, 3.8) is 0 Å². The van der Waals surface area contributed by atoms with E-state index in [9.17, 15) is 4.79 Å². The predicted octanol–water partition coefficient (Wildman–Crippen LogP) is 3.56. The molecule has 3 aromatic carbocycles. The SMILES string of the molecule is COc1ccc(N2CCN(C3CCNC[C@H]3OC(=O)c3ccc4ccccc4c3)CC2)cc1. The molecule has 0 radical (unpaired) electrons. The van der Waals surface area contributed by atoms with Gasteiger partial charge in [0.2, 0.25) is 0 Å². The molecule has 2 fully saturated rings. The number of carbonyl (C=O) groups excluding carboxylic acids is 1. The minimum Gasteiger partial charge on any atom is -0.497 e. The van der Waals surface area contributed by atoms with Crippen LogP contribution < -0.4 is 15.0 Å². The van der Waals surface area contributed by atoms with Crippen LogP contribution in [0.4, 0.5) is 5.69 Å². The Labute approximate surface area is 195 Å². The number of piperidine rings is 1. The number of rotatable bonds is 5. The van der Waals surface area contributed by atoms with Crippen molar-refractivity contribution in [2.75, 3.05) is 51.3 Å². The highest BCUT2D eigenvalue weighted by atomic mass is 16.5. The van der Waals surface area contributed by atoms with Crippen molar-refractivity contribution in [1.82, 2.24) is 10.2 Å². The highest BCUT2D eigenvalue weighted by Crippen LogP contribution is 2.24. The van der Waals surface area contributed by atoms with Crippen LogP contribution in [0.2, 0.25) is 0 Å². The zero-order valence-electron chi connectivity index (χ0n) is 19.1. The van der Waals surface area contributed by atoms with Crippen molar-refractivity contribution in [2.24, 2.45) is 0 Å². The lowest BCUT2D eigenvalue weighted by atomic mass is 10.00. The van der Waals surface area contributed by atoms with Crippen molar-refractivity contribution in [1.29, 1.82) is 0 Å². The van der Waals surface area contributed by atoms with Gasteiger partial charge in [0.15, 0.2) is 0 Å².